The molecule has 0 amide bonds. The Morgan fingerprint density at radius 2 is 1.87 bits per heavy atom. The molecule has 1 fully saturated rings. The lowest BCUT2D eigenvalue weighted by Crippen LogP contribution is -2.28. The lowest BCUT2D eigenvalue weighted by molar-refractivity contribution is -0.137. The molecule has 0 radical (unpaired) electrons. The van der Waals surface area contributed by atoms with Crippen LogP contribution in [-0.4, -0.2) is 24.4 Å². The summed E-state index contributed by atoms with van der Waals surface area (Å²) in [5.74, 6) is 0.258. The van der Waals surface area contributed by atoms with Crippen LogP contribution in [0, 0.1) is 5.92 Å². The Labute approximate surface area is 223 Å². The average molecular weight is 539 g/mol. The van der Waals surface area contributed by atoms with Gasteiger partial charge >= 0.3 is 6.18 Å². The van der Waals surface area contributed by atoms with Crippen molar-refractivity contribution in [2.45, 2.75) is 47.7 Å². The molecule has 6 rings (SSSR count). The number of nitrogens with two attached hydrogens (primary N) is 1. The van der Waals surface area contributed by atoms with Crippen molar-refractivity contribution in [3.05, 3.63) is 66.2 Å². The summed E-state index contributed by atoms with van der Waals surface area (Å²) in [5.41, 5.74) is 9.94. The Kier molecular flexibility index (Phi) is 7.40. The molecule has 0 bridgehead atoms. The number of carbonyl (C=O) groups is 1. The minimum atomic E-state index is -4.40. The quantitative estimate of drug-likeness (QED) is 0.176. The molecule has 5 N–H and O–H groups in total. The molecule has 1 aliphatic heterocycles. The SMILES string of the molecule is CNc1cc(C(F)(F)F)cc2c1Nc1ccc(-c3cc4ccccc4[nH]3)cc1S2.NC1CCCC(C=O)C1. The van der Waals surface area contributed by atoms with Crippen molar-refractivity contribution in [3.8, 4) is 11.3 Å². The summed E-state index contributed by atoms with van der Waals surface area (Å²) in [5, 5.41) is 7.27. The second-order valence-electron chi connectivity index (χ2n) is 9.68. The zero-order valence-electron chi connectivity index (χ0n) is 20.9. The molecule has 3 aromatic carbocycles. The average Bonchev–Trinajstić information content (AvgIpc) is 3.35. The molecule has 1 saturated carbocycles. The van der Waals surface area contributed by atoms with Crippen LogP contribution in [0.15, 0.2) is 70.5 Å². The van der Waals surface area contributed by atoms with Crippen LogP contribution >= 0.6 is 11.8 Å². The van der Waals surface area contributed by atoms with Gasteiger partial charge in [0, 0.05) is 45.4 Å². The molecular weight excluding hydrogens is 509 g/mol. The zero-order valence-corrected chi connectivity index (χ0v) is 21.7. The predicted octanol–water partition coefficient (Wildman–Crippen LogP) is 7.81. The number of para-hydroxylation sites is 1. The number of nitrogens with one attached hydrogen (secondary N) is 3. The van der Waals surface area contributed by atoms with E-state index >= 15 is 0 Å². The molecule has 9 heteroatoms. The molecule has 5 nitrogen and oxygen atoms in total. The molecule has 198 valence electrons. The van der Waals surface area contributed by atoms with Crippen LogP contribution < -0.4 is 16.4 Å². The highest BCUT2D eigenvalue weighted by Gasteiger charge is 2.33. The van der Waals surface area contributed by atoms with E-state index in [4.69, 9.17) is 5.73 Å². The molecule has 0 spiro atoms. The van der Waals surface area contributed by atoms with Gasteiger partial charge in [-0.1, -0.05) is 42.4 Å². The third-order valence-electron chi connectivity index (χ3n) is 6.95. The van der Waals surface area contributed by atoms with Gasteiger partial charge in [-0.25, -0.2) is 0 Å². The number of carbonyl (C=O) groups excluding carboxylic acids is 1. The summed E-state index contributed by atoms with van der Waals surface area (Å²) in [7, 11) is 1.62. The summed E-state index contributed by atoms with van der Waals surface area (Å²) in [6, 6.07) is 18.7. The van der Waals surface area contributed by atoms with Gasteiger partial charge in [-0.05, 0) is 61.2 Å². The molecule has 2 unspecified atom stereocenters. The number of H-pyrrole nitrogens is 1. The summed E-state index contributed by atoms with van der Waals surface area (Å²) in [6.07, 6.45) is 0.836. The van der Waals surface area contributed by atoms with E-state index in [-0.39, 0.29) is 12.0 Å². The second-order valence-corrected chi connectivity index (χ2v) is 10.8. The van der Waals surface area contributed by atoms with Crippen LogP contribution in [0.2, 0.25) is 0 Å². The number of hydrogen-bond donors (Lipinski definition) is 4. The highest BCUT2D eigenvalue weighted by Crippen LogP contribution is 2.50. The van der Waals surface area contributed by atoms with Gasteiger partial charge in [0.25, 0.3) is 0 Å². The van der Waals surface area contributed by atoms with E-state index in [0.717, 1.165) is 70.8 Å². The van der Waals surface area contributed by atoms with E-state index in [1.54, 1.807) is 7.05 Å². The van der Waals surface area contributed by atoms with Gasteiger partial charge in [0.1, 0.15) is 6.29 Å². The van der Waals surface area contributed by atoms with Crippen molar-refractivity contribution < 1.29 is 18.0 Å². The molecular formula is C29H29F3N4OS. The third-order valence-corrected chi connectivity index (χ3v) is 8.05. The highest BCUT2D eigenvalue weighted by atomic mass is 32.2. The molecule has 1 aliphatic carbocycles. The van der Waals surface area contributed by atoms with Gasteiger partial charge < -0.3 is 26.1 Å². The van der Waals surface area contributed by atoms with Gasteiger partial charge in [0.15, 0.2) is 0 Å². The minimum absolute atomic E-state index is 0.258. The van der Waals surface area contributed by atoms with E-state index in [2.05, 4.69) is 21.7 Å². The van der Waals surface area contributed by atoms with Crippen molar-refractivity contribution in [1.82, 2.24) is 4.98 Å². The van der Waals surface area contributed by atoms with Gasteiger partial charge in [-0.2, -0.15) is 13.2 Å². The van der Waals surface area contributed by atoms with E-state index in [0.29, 0.717) is 16.3 Å². The fourth-order valence-electron chi connectivity index (χ4n) is 4.94. The van der Waals surface area contributed by atoms with Crippen LogP contribution in [0.1, 0.15) is 31.2 Å². The van der Waals surface area contributed by atoms with Crippen LogP contribution in [-0.2, 0) is 11.0 Å². The number of benzene rings is 3. The van der Waals surface area contributed by atoms with Crippen molar-refractivity contribution in [2.75, 3.05) is 17.7 Å². The molecule has 2 atom stereocenters. The largest absolute Gasteiger partial charge is 0.416 e. The molecule has 2 heterocycles. The molecule has 2 aliphatic rings. The highest BCUT2D eigenvalue weighted by molar-refractivity contribution is 7.99. The van der Waals surface area contributed by atoms with Crippen molar-refractivity contribution in [3.63, 3.8) is 0 Å². The molecule has 38 heavy (non-hydrogen) atoms. The third kappa shape index (κ3) is 5.54. The van der Waals surface area contributed by atoms with Gasteiger partial charge in [-0.3, -0.25) is 0 Å². The van der Waals surface area contributed by atoms with E-state index in [9.17, 15) is 18.0 Å². The summed E-state index contributed by atoms with van der Waals surface area (Å²) in [6.45, 7) is 0. The first kappa shape index (κ1) is 26.2. The number of anilines is 3. The maximum absolute atomic E-state index is 13.3. The lowest BCUT2D eigenvalue weighted by atomic mass is 9.87. The topological polar surface area (TPSA) is 82.9 Å². The first-order valence-corrected chi connectivity index (χ1v) is 13.4. The standard InChI is InChI=1S/C22H16F3N3S.C7H13NO/c1-26-18-10-14(22(23,24)25)11-20-21(18)28-16-7-6-13(9-19(16)29-20)17-8-12-4-2-3-5-15(12)27-17;8-7-3-1-2-6(4-7)5-9/h2-11,26-28H,1H3;5-7H,1-4,8H2. The number of fused-ring (bicyclic) bond motifs is 3. The Bertz CT molecular complexity index is 1430. The Hall–Kier alpha value is -3.43. The minimum Gasteiger partial charge on any atom is -0.386 e. The number of aldehydes is 1. The Morgan fingerprint density at radius 3 is 2.55 bits per heavy atom. The van der Waals surface area contributed by atoms with E-state index in [1.807, 2.05) is 42.5 Å². The smallest absolute Gasteiger partial charge is 0.386 e. The van der Waals surface area contributed by atoms with E-state index in [1.165, 1.54) is 17.8 Å². The van der Waals surface area contributed by atoms with Crippen LogP contribution in [0.25, 0.3) is 22.2 Å². The monoisotopic (exact) mass is 538 g/mol. The van der Waals surface area contributed by atoms with Crippen LogP contribution in [0.4, 0.5) is 30.2 Å². The normalized spacial score (nSPS) is 18.4. The maximum Gasteiger partial charge on any atom is 0.416 e. The van der Waals surface area contributed by atoms with Gasteiger partial charge in [0.2, 0.25) is 0 Å². The lowest BCUT2D eigenvalue weighted by Gasteiger charge is -2.25. The number of hydrogen-bond acceptors (Lipinski definition) is 5. The van der Waals surface area contributed by atoms with Gasteiger partial charge in [0.05, 0.1) is 22.6 Å². The number of aromatic nitrogens is 1. The molecule has 1 aromatic heterocycles. The number of rotatable bonds is 3. The van der Waals surface area contributed by atoms with Crippen molar-refractivity contribution in [1.29, 1.82) is 0 Å². The molecule has 0 saturated heterocycles. The summed E-state index contributed by atoms with van der Waals surface area (Å²) >= 11 is 1.34. The van der Waals surface area contributed by atoms with Crippen LogP contribution in [0.5, 0.6) is 0 Å². The molecule has 4 aromatic rings. The fourth-order valence-corrected chi connectivity index (χ4v) is 6.04. The van der Waals surface area contributed by atoms with Crippen molar-refractivity contribution >= 4 is 46.0 Å². The number of aromatic amines is 1. The Balaban J connectivity index is 0.000000278. The summed E-state index contributed by atoms with van der Waals surface area (Å²) < 4.78 is 39.9. The van der Waals surface area contributed by atoms with Crippen molar-refractivity contribution in [2.24, 2.45) is 11.7 Å². The zero-order chi connectivity index (χ0) is 26.9. The first-order chi connectivity index (χ1) is 18.2. The first-order valence-electron chi connectivity index (χ1n) is 12.6. The second kappa shape index (κ2) is 10.7. The predicted molar refractivity (Wildman–Crippen MR) is 148 cm³/mol. The maximum atomic E-state index is 13.3. The summed E-state index contributed by atoms with van der Waals surface area (Å²) in [4.78, 5) is 15.1. The number of halogens is 3. The Morgan fingerprint density at radius 1 is 1.05 bits per heavy atom. The van der Waals surface area contributed by atoms with Gasteiger partial charge in [-0.15, -0.1) is 0 Å². The number of alkyl halides is 3. The van der Waals surface area contributed by atoms with E-state index < -0.39 is 11.7 Å². The fraction of sp³-hybridized carbons (Fsp3) is 0.276. The van der Waals surface area contributed by atoms with Crippen LogP contribution in [0.3, 0.4) is 0 Å².